The molecule has 0 aliphatic heterocycles. The van der Waals surface area contributed by atoms with Gasteiger partial charge in [-0.2, -0.15) is 0 Å². The van der Waals surface area contributed by atoms with E-state index in [4.69, 9.17) is 0 Å². The van der Waals surface area contributed by atoms with Gasteiger partial charge in [-0.3, -0.25) is 0 Å². The van der Waals surface area contributed by atoms with Gasteiger partial charge in [-0.15, -0.1) is 0 Å². The van der Waals surface area contributed by atoms with Gasteiger partial charge in [-0.05, 0) is 261 Å². The van der Waals surface area contributed by atoms with Crippen LogP contribution < -0.4 is 0 Å². The Labute approximate surface area is 768 Å². The lowest BCUT2D eigenvalue weighted by atomic mass is 9.91. The van der Waals surface area contributed by atoms with Crippen molar-refractivity contribution in [1.29, 1.82) is 0 Å². The van der Waals surface area contributed by atoms with Gasteiger partial charge in [-0.1, -0.05) is 400 Å². The van der Waals surface area contributed by atoms with E-state index in [0.29, 0.717) is 0 Å². The fourth-order valence-electron chi connectivity index (χ4n) is 21.6. The van der Waals surface area contributed by atoms with Crippen molar-refractivity contribution in [2.45, 2.75) is 0 Å². The SMILES string of the molecule is c1cc(-c2ccc3c(c2)c2ccccc2n3-c2cc3ccccc3c3ccccc23)cc(-c2cc3ccccc3c3ccccc23)c1.c1cc(-c2ccc3c(c2)c2ccccc2n3-c2cc3ccccc3c3ccccc23)cc(-c2cccc3ccccc23)c1.c1cc(-c2ccc3ccccc3c2)cc(-c2ccc3c(c2)c2ccccc2n3-c2cc3ccccc3c3ccccc23)c1. The van der Waals surface area contributed by atoms with Crippen molar-refractivity contribution in [1.82, 2.24) is 13.7 Å². The van der Waals surface area contributed by atoms with Crippen molar-refractivity contribution in [2.75, 3.05) is 0 Å². The summed E-state index contributed by atoms with van der Waals surface area (Å²) >= 11 is 0. The van der Waals surface area contributed by atoms with Crippen LogP contribution in [0.15, 0.2) is 504 Å². The Hall–Kier alpha value is -17.5. The Balaban J connectivity index is 0.000000104. The summed E-state index contributed by atoms with van der Waals surface area (Å²) in [6, 6.07) is 184. The lowest BCUT2D eigenvalue weighted by Crippen LogP contribution is -1.96. The fourth-order valence-corrected chi connectivity index (χ4v) is 21.6. The van der Waals surface area contributed by atoms with Crippen LogP contribution in [-0.2, 0) is 0 Å². The smallest absolute Gasteiger partial charge is 0.0546 e. The predicted molar refractivity (Wildman–Crippen MR) is 570 cm³/mol. The second-order valence-corrected chi connectivity index (χ2v) is 35.3. The third kappa shape index (κ3) is 13.0. The highest BCUT2D eigenvalue weighted by molar-refractivity contribution is 6.21. The summed E-state index contributed by atoms with van der Waals surface area (Å²) in [6.07, 6.45) is 0. The molecule has 0 saturated heterocycles. The Bertz CT molecular complexity index is 9620. The normalized spacial score (nSPS) is 11.8. The lowest BCUT2D eigenvalue weighted by molar-refractivity contribution is 1.20. The van der Waals surface area contributed by atoms with Gasteiger partial charge in [-0.25, -0.2) is 0 Å². The molecule has 3 heterocycles. The number of fused-ring (bicyclic) bond motifs is 23. The number of para-hydroxylation sites is 3. The van der Waals surface area contributed by atoms with Crippen molar-refractivity contribution in [3.05, 3.63) is 504 Å². The van der Waals surface area contributed by atoms with E-state index in [2.05, 4.69) is 517 Å². The molecule has 0 aliphatic rings. The van der Waals surface area contributed by atoms with Crippen LogP contribution in [-0.4, -0.2) is 13.7 Å². The molecule has 28 rings (SSSR count). The van der Waals surface area contributed by atoms with E-state index in [-0.39, 0.29) is 0 Å². The summed E-state index contributed by atoms with van der Waals surface area (Å²) in [5, 5.41) is 33.0. The number of hydrogen-bond donors (Lipinski definition) is 0. The second kappa shape index (κ2) is 31.8. The van der Waals surface area contributed by atoms with Crippen LogP contribution in [0.25, 0.3) is 257 Å². The molecule has 3 nitrogen and oxygen atoms in total. The van der Waals surface area contributed by atoms with E-state index in [1.807, 2.05) is 0 Å². The molecule has 28 aromatic rings. The van der Waals surface area contributed by atoms with Gasteiger partial charge in [0.25, 0.3) is 0 Å². The first-order chi connectivity index (χ1) is 66.0. The molecule has 0 saturated carbocycles. The molecule has 0 radical (unpaired) electrons. The number of aromatic nitrogens is 3. The summed E-state index contributed by atoms with van der Waals surface area (Å²) in [4.78, 5) is 0. The van der Waals surface area contributed by atoms with E-state index in [1.54, 1.807) is 0 Å². The van der Waals surface area contributed by atoms with Gasteiger partial charge in [0.05, 0.1) is 50.2 Å². The van der Waals surface area contributed by atoms with Crippen LogP contribution in [0, 0.1) is 0 Å². The molecule has 0 atom stereocenters. The molecule has 25 aromatic carbocycles. The first-order valence-corrected chi connectivity index (χ1v) is 46.0. The fraction of sp³-hybridized carbons (Fsp3) is 0. The molecule has 0 aliphatic carbocycles. The predicted octanol–water partition coefficient (Wildman–Crippen LogP) is 35.9. The first kappa shape index (κ1) is 76.7. The third-order valence-electron chi connectivity index (χ3n) is 27.8. The molecule has 0 bridgehead atoms. The molecule has 0 unspecified atom stereocenters. The van der Waals surface area contributed by atoms with E-state index in [0.717, 1.165) is 0 Å². The number of benzene rings is 25. The van der Waals surface area contributed by atoms with Gasteiger partial charge in [0, 0.05) is 48.5 Å². The molecule has 0 fully saturated rings. The molecule has 3 heteroatoms. The lowest BCUT2D eigenvalue weighted by Gasteiger charge is -2.14. The highest BCUT2D eigenvalue weighted by Gasteiger charge is 2.23. The van der Waals surface area contributed by atoms with Crippen LogP contribution in [0.1, 0.15) is 0 Å². The number of hydrogen-bond acceptors (Lipinski definition) is 0. The summed E-state index contributed by atoms with van der Waals surface area (Å²) < 4.78 is 7.37. The van der Waals surface area contributed by atoms with Crippen molar-refractivity contribution in [2.24, 2.45) is 0 Å². The summed E-state index contributed by atoms with van der Waals surface area (Å²) in [5.74, 6) is 0. The largest absolute Gasteiger partial charge is 0.309 e. The monoisotopic (exact) mass is 1690 g/mol. The summed E-state index contributed by atoms with van der Waals surface area (Å²) in [6.45, 7) is 0. The van der Waals surface area contributed by atoms with Gasteiger partial charge in [0.2, 0.25) is 0 Å². The van der Waals surface area contributed by atoms with E-state index in [1.165, 1.54) is 257 Å². The third-order valence-corrected chi connectivity index (χ3v) is 27.8. The standard InChI is InChI=1S/C46H29N.2C42H27N/c1-3-16-35-33(12-1)28-42(39-20-6-5-18-37(35)39)32-15-11-14-30(26-32)31-24-25-45-43(27-31)41-22-9-10-23-44(41)47(45)46-29-34-13-2-4-17-36(34)38-19-7-8-21-40(38)46;1-3-16-33-28(11-1)13-10-21-34(33)31-15-9-14-29(25-31)30-23-24-41-39(26-30)38-20-7-8-22-40(38)43(41)42-27-32-12-2-4-17-35(32)36-18-5-6-19-37(36)42;1-2-11-29-24-32(21-20-28(29)10-1)30-13-9-14-31(25-30)33-22-23-41-39(26-33)38-18-7-8-19-40(38)43(41)42-27-34-12-3-4-15-35(34)36-16-5-6-17-37(36)42/h1-29H;2*1-27H. The molecule has 0 spiro atoms. The van der Waals surface area contributed by atoms with Crippen LogP contribution in [0.3, 0.4) is 0 Å². The topological polar surface area (TPSA) is 14.8 Å². The van der Waals surface area contributed by atoms with Gasteiger partial charge >= 0.3 is 0 Å². The molecule has 133 heavy (non-hydrogen) atoms. The zero-order valence-corrected chi connectivity index (χ0v) is 72.8. The number of rotatable bonds is 9. The van der Waals surface area contributed by atoms with Crippen molar-refractivity contribution >= 4 is 173 Å². The quantitative estimate of drug-likeness (QED) is 0.128. The molecule has 3 aromatic heterocycles. The Morgan fingerprint density at radius 3 is 0.752 bits per heavy atom. The van der Waals surface area contributed by atoms with Gasteiger partial charge in [0.1, 0.15) is 0 Å². The maximum Gasteiger partial charge on any atom is 0.0546 e. The van der Waals surface area contributed by atoms with Crippen LogP contribution >= 0.6 is 0 Å². The summed E-state index contributed by atoms with van der Waals surface area (Å²) in [5.41, 5.74) is 25.7. The average molecular weight is 1690 g/mol. The molecular formula is C130H83N3. The zero-order valence-electron chi connectivity index (χ0n) is 72.8. The summed E-state index contributed by atoms with van der Waals surface area (Å²) in [7, 11) is 0. The van der Waals surface area contributed by atoms with Crippen LogP contribution in [0.5, 0.6) is 0 Å². The number of nitrogens with zero attached hydrogens (tertiary/aromatic N) is 3. The van der Waals surface area contributed by atoms with Crippen LogP contribution in [0.4, 0.5) is 0 Å². The van der Waals surface area contributed by atoms with E-state index >= 15 is 0 Å². The Kier molecular flexibility index (Phi) is 18.3. The Morgan fingerprint density at radius 1 is 0.0977 bits per heavy atom. The van der Waals surface area contributed by atoms with E-state index < -0.39 is 0 Å². The maximum atomic E-state index is 2.46. The minimum Gasteiger partial charge on any atom is -0.309 e. The van der Waals surface area contributed by atoms with Gasteiger partial charge < -0.3 is 13.7 Å². The molecule has 618 valence electrons. The van der Waals surface area contributed by atoms with Crippen molar-refractivity contribution < 1.29 is 0 Å². The van der Waals surface area contributed by atoms with Gasteiger partial charge in [0.15, 0.2) is 0 Å². The minimum absolute atomic E-state index is 1.21. The molecule has 0 amide bonds. The minimum atomic E-state index is 1.21. The van der Waals surface area contributed by atoms with Crippen molar-refractivity contribution in [3.8, 4) is 83.8 Å². The average Bonchev–Trinajstić information content (AvgIpc) is 1.60. The molecular weight excluding hydrogens is 1600 g/mol. The zero-order chi connectivity index (χ0) is 87.6. The van der Waals surface area contributed by atoms with E-state index in [9.17, 15) is 0 Å². The van der Waals surface area contributed by atoms with Crippen molar-refractivity contribution in [3.63, 3.8) is 0 Å². The second-order valence-electron chi connectivity index (χ2n) is 35.3. The molecule has 0 N–H and O–H groups in total. The first-order valence-electron chi connectivity index (χ1n) is 46.0. The highest BCUT2D eigenvalue weighted by Crippen LogP contribution is 2.47. The van der Waals surface area contributed by atoms with Crippen LogP contribution in [0.2, 0.25) is 0 Å². The Morgan fingerprint density at radius 2 is 0.346 bits per heavy atom. The maximum absolute atomic E-state index is 2.46. The highest BCUT2D eigenvalue weighted by atomic mass is 15.0.